The van der Waals surface area contributed by atoms with Gasteiger partial charge >= 0.3 is 0 Å². The van der Waals surface area contributed by atoms with Crippen LogP contribution in [0.3, 0.4) is 0 Å². The molecule has 0 atom stereocenters. The number of aromatic nitrogens is 2. The SMILES string of the molecule is O=C(c1ccco1)N1CCN(c2nc3cnccc3s2)CC1. The Morgan fingerprint density at radius 1 is 1.23 bits per heavy atom. The minimum atomic E-state index is -0.0434. The van der Waals surface area contributed by atoms with Gasteiger partial charge in [-0.2, -0.15) is 0 Å². The van der Waals surface area contributed by atoms with E-state index in [0.717, 1.165) is 28.4 Å². The number of rotatable bonds is 2. The number of piperazine rings is 1. The first-order valence-corrected chi connectivity index (χ1v) is 7.91. The van der Waals surface area contributed by atoms with Crippen LogP contribution in [0.15, 0.2) is 41.3 Å². The molecule has 0 saturated carbocycles. The molecule has 4 heterocycles. The Labute approximate surface area is 131 Å². The summed E-state index contributed by atoms with van der Waals surface area (Å²) >= 11 is 1.66. The minimum Gasteiger partial charge on any atom is -0.459 e. The summed E-state index contributed by atoms with van der Waals surface area (Å²) < 4.78 is 6.32. The van der Waals surface area contributed by atoms with E-state index in [4.69, 9.17) is 4.42 Å². The highest BCUT2D eigenvalue weighted by Crippen LogP contribution is 2.28. The Morgan fingerprint density at radius 3 is 2.82 bits per heavy atom. The van der Waals surface area contributed by atoms with E-state index in [1.54, 1.807) is 35.9 Å². The first-order chi connectivity index (χ1) is 10.8. The van der Waals surface area contributed by atoms with Crippen LogP contribution < -0.4 is 4.90 Å². The van der Waals surface area contributed by atoms with Crippen molar-refractivity contribution in [1.82, 2.24) is 14.9 Å². The summed E-state index contributed by atoms with van der Waals surface area (Å²) in [7, 11) is 0. The lowest BCUT2D eigenvalue weighted by Gasteiger charge is -2.34. The van der Waals surface area contributed by atoms with Gasteiger partial charge in [0.05, 0.1) is 17.2 Å². The fourth-order valence-electron chi connectivity index (χ4n) is 2.56. The number of furan rings is 1. The zero-order chi connectivity index (χ0) is 14.9. The molecular formula is C15H14N4O2S. The van der Waals surface area contributed by atoms with Crippen LogP contribution in [0.2, 0.25) is 0 Å². The highest BCUT2D eigenvalue weighted by atomic mass is 32.1. The molecule has 0 radical (unpaired) electrons. The van der Waals surface area contributed by atoms with Crippen LogP contribution in [0.1, 0.15) is 10.6 Å². The summed E-state index contributed by atoms with van der Waals surface area (Å²) in [6.45, 7) is 2.90. The molecule has 1 amide bonds. The second-order valence-electron chi connectivity index (χ2n) is 5.10. The fourth-order valence-corrected chi connectivity index (χ4v) is 3.54. The lowest BCUT2D eigenvalue weighted by molar-refractivity contribution is 0.0714. The van der Waals surface area contributed by atoms with E-state index in [2.05, 4.69) is 14.9 Å². The Kier molecular flexibility index (Phi) is 3.27. The maximum atomic E-state index is 12.2. The average molecular weight is 314 g/mol. The standard InChI is InChI=1S/C15H14N4O2S/c20-14(12-2-1-9-21-12)18-5-7-19(8-6-18)15-17-11-10-16-4-3-13(11)22-15/h1-4,9-10H,5-8H2. The van der Waals surface area contributed by atoms with Crippen molar-refractivity contribution in [2.45, 2.75) is 0 Å². The van der Waals surface area contributed by atoms with Gasteiger partial charge in [0.15, 0.2) is 10.9 Å². The first-order valence-electron chi connectivity index (χ1n) is 7.09. The van der Waals surface area contributed by atoms with Gasteiger partial charge in [0.25, 0.3) is 5.91 Å². The summed E-state index contributed by atoms with van der Waals surface area (Å²) in [6.07, 6.45) is 5.09. The highest BCUT2D eigenvalue weighted by Gasteiger charge is 2.25. The van der Waals surface area contributed by atoms with Crippen molar-refractivity contribution in [1.29, 1.82) is 0 Å². The number of hydrogen-bond donors (Lipinski definition) is 0. The van der Waals surface area contributed by atoms with Gasteiger partial charge in [-0.25, -0.2) is 4.98 Å². The summed E-state index contributed by atoms with van der Waals surface area (Å²) in [5.41, 5.74) is 0.927. The zero-order valence-electron chi connectivity index (χ0n) is 11.8. The van der Waals surface area contributed by atoms with E-state index in [1.165, 1.54) is 6.26 Å². The van der Waals surface area contributed by atoms with Crippen LogP contribution in [0, 0.1) is 0 Å². The van der Waals surface area contributed by atoms with E-state index in [1.807, 2.05) is 11.0 Å². The third-order valence-corrected chi connectivity index (χ3v) is 4.85. The van der Waals surface area contributed by atoms with Gasteiger partial charge in [0.1, 0.15) is 5.52 Å². The molecule has 3 aromatic rings. The van der Waals surface area contributed by atoms with Crippen LogP contribution in [0.25, 0.3) is 10.2 Å². The molecule has 0 unspecified atom stereocenters. The van der Waals surface area contributed by atoms with Gasteiger partial charge in [-0.15, -0.1) is 0 Å². The van der Waals surface area contributed by atoms with Crippen molar-refractivity contribution in [2.75, 3.05) is 31.1 Å². The van der Waals surface area contributed by atoms with Gasteiger partial charge in [0, 0.05) is 32.4 Å². The normalized spacial score (nSPS) is 15.5. The Morgan fingerprint density at radius 2 is 2.09 bits per heavy atom. The summed E-state index contributed by atoms with van der Waals surface area (Å²) in [5.74, 6) is 0.359. The molecule has 6 nitrogen and oxygen atoms in total. The number of fused-ring (bicyclic) bond motifs is 1. The molecule has 22 heavy (non-hydrogen) atoms. The smallest absolute Gasteiger partial charge is 0.289 e. The lowest BCUT2D eigenvalue weighted by Crippen LogP contribution is -2.48. The predicted octanol–water partition coefficient (Wildman–Crippen LogP) is 2.25. The van der Waals surface area contributed by atoms with E-state index < -0.39 is 0 Å². The fraction of sp³-hybridized carbons (Fsp3) is 0.267. The lowest BCUT2D eigenvalue weighted by atomic mass is 10.3. The van der Waals surface area contributed by atoms with Crippen molar-refractivity contribution in [3.8, 4) is 0 Å². The number of carbonyl (C=O) groups excluding carboxylic acids is 1. The maximum Gasteiger partial charge on any atom is 0.289 e. The molecule has 0 aromatic carbocycles. The van der Waals surface area contributed by atoms with Crippen molar-refractivity contribution in [2.24, 2.45) is 0 Å². The molecular weight excluding hydrogens is 300 g/mol. The molecule has 0 aliphatic carbocycles. The molecule has 4 rings (SSSR count). The van der Waals surface area contributed by atoms with Crippen molar-refractivity contribution < 1.29 is 9.21 Å². The topological polar surface area (TPSA) is 62.5 Å². The number of nitrogens with zero attached hydrogens (tertiary/aromatic N) is 4. The number of hydrogen-bond acceptors (Lipinski definition) is 6. The molecule has 3 aromatic heterocycles. The number of amides is 1. The largest absolute Gasteiger partial charge is 0.459 e. The molecule has 7 heteroatoms. The maximum absolute atomic E-state index is 12.2. The van der Waals surface area contributed by atoms with Crippen molar-refractivity contribution in [3.63, 3.8) is 0 Å². The van der Waals surface area contributed by atoms with Gasteiger partial charge in [-0.05, 0) is 18.2 Å². The molecule has 112 valence electrons. The molecule has 1 aliphatic heterocycles. The van der Waals surface area contributed by atoms with Gasteiger partial charge in [-0.3, -0.25) is 9.78 Å². The number of anilines is 1. The minimum absolute atomic E-state index is 0.0434. The van der Waals surface area contributed by atoms with Gasteiger partial charge in [0.2, 0.25) is 0 Å². The highest BCUT2D eigenvalue weighted by molar-refractivity contribution is 7.22. The van der Waals surface area contributed by atoms with Crippen molar-refractivity contribution >= 4 is 32.6 Å². The number of carbonyl (C=O) groups is 1. The Balaban J connectivity index is 1.46. The van der Waals surface area contributed by atoms with Crippen LogP contribution in [-0.2, 0) is 0 Å². The summed E-state index contributed by atoms with van der Waals surface area (Å²) in [5, 5.41) is 0.994. The average Bonchev–Trinajstić information content (AvgIpc) is 3.23. The van der Waals surface area contributed by atoms with Crippen LogP contribution in [0.5, 0.6) is 0 Å². The van der Waals surface area contributed by atoms with Crippen LogP contribution in [-0.4, -0.2) is 47.0 Å². The van der Waals surface area contributed by atoms with Crippen molar-refractivity contribution in [3.05, 3.63) is 42.6 Å². The van der Waals surface area contributed by atoms with Crippen LogP contribution >= 0.6 is 11.3 Å². The predicted molar refractivity (Wildman–Crippen MR) is 84.2 cm³/mol. The number of thiazole rings is 1. The van der Waals surface area contributed by atoms with Gasteiger partial charge < -0.3 is 14.2 Å². The van der Waals surface area contributed by atoms with E-state index >= 15 is 0 Å². The molecule has 0 N–H and O–H groups in total. The molecule has 0 spiro atoms. The van der Waals surface area contributed by atoms with Crippen LogP contribution in [0.4, 0.5) is 5.13 Å². The Hall–Kier alpha value is -2.41. The third-order valence-electron chi connectivity index (χ3n) is 3.75. The molecule has 1 fully saturated rings. The molecule has 0 bridgehead atoms. The second kappa shape index (κ2) is 5.42. The third kappa shape index (κ3) is 2.33. The number of pyridine rings is 1. The zero-order valence-corrected chi connectivity index (χ0v) is 12.6. The van der Waals surface area contributed by atoms with E-state index in [-0.39, 0.29) is 5.91 Å². The van der Waals surface area contributed by atoms with Gasteiger partial charge in [-0.1, -0.05) is 11.3 Å². The summed E-state index contributed by atoms with van der Waals surface area (Å²) in [6, 6.07) is 5.42. The summed E-state index contributed by atoms with van der Waals surface area (Å²) in [4.78, 5) is 25.0. The van der Waals surface area contributed by atoms with E-state index in [9.17, 15) is 4.79 Å². The monoisotopic (exact) mass is 314 g/mol. The molecule has 1 saturated heterocycles. The molecule has 1 aliphatic rings. The quantitative estimate of drug-likeness (QED) is 0.726. The Bertz CT molecular complexity index is 758. The first kappa shape index (κ1) is 13.3. The second-order valence-corrected chi connectivity index (χ2v) is 6.11. The van der Waals surface area contributed by atoms with E-state index in [0.29, 0.717) is 18.8 Å².